The molecule has 0 aliphatic carbocycles. The summed E-state index contributed by atoms with van der Waals surface area (Å²) in [7, 11) is 3.52. The molecule has 4 aromatic rings. The van der Waals surface area contributed by atoms with Crippen LogP contribution in [0.4, 0.5) is 4.39 Å². The Bertz CT molecular complexity index is 1610. The lowest BCUT2D eigenvalue weighted by atomic mass is 9.88. The second-order valence-corrected chi connectivity index (χ2v) is 10.0. The zero-order valence-corrected chi connectivity index (χ0v) is 22.2. The number of benzene rings is 2. The normalized spacial score (nSPS) is 13.9. The van der Waals surface area contributed by atoms with E-state index in [9.17, 15) is 19.2 Å². The third-order valence-corrected chi connectivity index (χ3v) is 7.57. The average Bonchev–Trinajstić information content (AvgIpc) is 3.29. The van der Waals surface area contributed by atoms with Crippen molar-refractivity contribution < 1.29 is 18.7 Å². The van der Waals surface area contributed by atoms with Gasteiger partial charge in [0.1, 0.15) is 17.2 Å². The number of carbonyl (C=O) groups is 2. The van der Waals surface area contributed by atoms with Gasteiger partial charge < -0.3 is 14.2 Å². The van der Waals surface area contributed by atoms with Crippen LogP contribution in [0.5, 0.6) is 5.75 Å². The summed E-state index contributed by atoms with van der Waals surface area (Å²) in [6, 6.07) is 13.4. The van der Waals surface area contributed by atoms with Crippen LogP contribution in [0, 0.1) is 24.1 Å². The van der Waals surface area contributed by atoms with E-state index in [1.807, 2.05) is 17.8 Å². The largest absolute Gasteiger partial charge is 0.496 e. The number of hydrogen-bond donors (Lipinski definition) is 0. The molecular weight excluding hydrogens is 495 g/mol. The number of methoxy groups -OCH3 is 1. The maximum Gasteiger partial charge on any atom is 0.257 e. The second kappa shape index (κ2) is 10.7. The van der Waals surface area contributed by atoms with E-state index in [1.54, 1.807) is 61.5 Å². The topological polar surface area (TPSA) is 88.2 Å². The van der Waals surface area contributed by atoms with Crippen molar-refractivity contribution in [1.29, 1.82) is 5.26 Å². The SMILES string of the molecule is COc1c(CC(=O)c2cccc(C#N)c2)cnc2c1c(C1CCN(C(=O)c3c(C)cccc3F)CC1)cn2C. The molecule has 0 N–H and O–H groups in total. The van der Waals surface area contributed by atoms with Gasteiger partial charge in [-0.1, -0.05) is 24.3 Å². The first kappa shape index (κ1) is 26.1. The molecule has 0 bridgehead atoms. The summed E-state index contributed by atoms with van der Waals surface area (Å²) >= 11 is 0. The fraction of sp³-hybridized carbons (Fsp3) is 0.290. The van der Waals surface area contributed by atoms with Crippen LogP contribution in [-0.2, 0) is 13.5 Å². The smallest absolute Gasteiger partial charge is 0.257 e. The molecule has 39 heavy (non-hydrogen) atoms. The van der Waals surface area contributed by atoms with Gasteiger partial charge in [-0.2, -0.15) is 5.26 Å². The standard InChI is InChI=1S/C31H29FN4O3/c1-19-6-4-9-25(32)27(19)31(38)36-12-10-21(11-13-36)24-18-35(2)30-28(24)29(39-3)23(17-34-30)15-26(37)22-8-5-7-20(14-22)16-33/h4-9,14,17-18,21H,10-13,15H2,1-3H3. The highest BCUT2D eigenvalue weighted by Gasteiger charge is 2.30. The average molecular weight is 525 g/mol. The molecule has 198 valence electrons. The van der Waals surface area contributed by atoms with Gasteiger partial charge in [0.05, 0.1) is 29.7 Å². The number of nitriles is 1. The highest BCUT2D eigenvalue weighted by molar-refractivity contribution is 5.99. The number of nitrogens with zero attached hydrogens (tertiary/aromatic N) is 4. The molecule has 0 radical (unpaired) electrons. The van der Waals surface area contributed by atoms with Crippen LogP contribution in [0.1, 0.15) is 61.7 Å². The number of fused-ring (bicyclic) bond motifs is 1. The first-order chi connectivity index (χ1) is 18.8. The number of halogens is 1. The Hall–Kier alpha value is -4.51. The summed E-state index contributed by atoms with van der Waals surface area (Å²) in [4.78, 5) is 32.6. The van der Waals surface area contributed by atoms with Crippen molar-refractivity contribution in [2.45, 2.75) is 32.1 Å². The van der Waals surface area contributed by atoms with Crippen molar-refractivity contribution in [2.75, 3.05) is 20.2 Å². The van der Waals surface area contributed by atoms with Crippen LogP contribution in [0.2, 0.25) is 0 Å². The Morgan fingerprint density at radius 1 is 1.18 bits per heavy atom. The quantitative estimate of drug-likeness (QED) is 0.318. The van der Waals surface area contributed by atoms with Crippen LogP contribution < -0.4 is 4.74 Å². The number of hydrogen-bond acceptors (Lipinski definition) is 5. The minimum atomic E-state index is -0.492. The van der Waals surface area contributed by atoms with Gasteiger partial charge in [-0.25, -0.2) is 9.37 Å². The monoisotopic (exact) mass is 524 g/mol. The number of ether oxygens (including phenoxy) is 1. The van der Waals surface area contributed by atoms with Crippen LogP contribution >= 0.6 is 0 Å². The highest BCUT2D eigenvalue weighted by atomic mass is 19.1. The minimum absolute atomic E-state index is 0.0876. The zero-order valence-electron chi connectivity index (χ0n) is 22.2. The highest BCUT2D eigenvalue weighted by Crippen LogP contribution is 2.40. The van der Waals surface area contributed by atoms with Crippen LogP contribution in [0.15, 0.2) is 54.9 Å². The Morgan fingerprint density at radius 3 is 2.62 bits per heavy atom. The van der Waals surface area contributed by atoms with Crippen LogP contribution in [-0.4, -0.2) is 46.3 Å². The van der Waals surface area contributed by atoms with Gasteiger partial charge >= 0.3 is 0 Å². The lowest BCUT2D eigenvalue weighted by Crippen LogP contribution is -2.38. The van der Waals surface area contributed by atoms with Crippen LogP contribution in [0.3, 0.4) is 0 Å². The molecule has 1 aliphatic heterocycles. The van der Waals surface area contributed by atoms with Crippen molar-refractivity contribution >= 4 is 22.7 Å². The lowest BCUT2D eigenvalue weighted by molar-refractivity contribution is 0.0707. The Labute approximate surface area is 226 Å². The number of aromatic nitrogens is 2. The van der Waals surface area contributed by atoms with E-state index >= 15 is 0 Å². The van der Waals surface area contributed by atoms with Gasteiger partial charge in [-0.15, -0.1) is 0 Å². The first-order valence-electron chi connectivity index (χ1n) is 12.9. The number of aryl methyl sites for hydroxylation is 2. The van der Waals surface area contributed by atoms with E-state index in [4.69, 9.17) is 4.74 Å². The minimum Gasteiger partial charge on any atom is -0.496 e. The van der Waals surface area contributed by atoms with E-state index in [1.165, 1.54) is 6.07 Å². The maximum absolute atomic E-state index is 14.4. The summed E-state index contributed by atoms with van der Waals surface area (Å²) in [6.45, 7) is 2.77. The van der Waals surface area contributed by atoms with Gasteiger partial charge in [0, 0.05) is 50.1 Å². The summed E-state index contributed by atoms with van der Waals surface area (Å²) in [5.74, 6) is -0.135. The molecule has 1 aliphatic rings. The molecule has 0 spiro atoms. The van der Waals surface area contributed by atoms with Gasteiger partial charge in [-0.3, -0.25) is 9.59 Å². The summed E-state index contributed by atoms with van der Waals surface area (Å²) in [5.41, 5.74) is 4.16. The molecule has 5 rings (SSSR count). The maximum atomic E-state index is 14.4. The molecule has 8 heteroatoms. The number of ketones is 1. The number of amides is 1. The Morgan fingerprint density at radius 2 is 1.92 bits per heavy atom. The third-order valence-electron chi connectivity index (χ3n) is 7.57. The number of Topliss-reactive ketones (excluding diaryl/α,β-unsaturated/α-hetero) is 1. The molecule has 2 aromatic carbocycles. The predicted octanol–water partition coefficient (Wildman–Crippen LogP) is 5.35. The third kappa shape index (κ3) is 4.88. The molecule has 1 amide bonds. The van der Waals surface area contributed by atoms with Crippen LogP contribution in [0.25, 0.3) is 11.0 Å². The van der Waals surface area contributed by atoms with Crippen molar-refractivity contribution in [3.05, 3.63) is 94.1 Å². The molecule has 1 saturated heterocycles. The molecule has 0 unspecified atom stereocenters. The zero-order chi connectivity index (χ0) is 27.7. The number of carbonyl (C=O) groups excluding carboxylic acids is 2. The fourth-order valence-electron chi connectivity index (χ4n) is 5.55. The lowest BCUT2D eigenvalue weighted by Gasteiger charge is -2.32. The molecular formula is C31H29FN4O3. The summed E-state index contributed by atoms with van der Waals surface area (Å²) in [5, 5.41) is 10.1. The number of likely N-dealkylation sites (tertiary alicyclic amines) is 1. The van der Waals surface area contributed by atoms with Gasteiger partial charge in [-0.05, 0) is 55.0 Å². The second-order valence-electron chi connectivity index (χ2n) is 10.0. The number of pyridine rings is 1. The molecule has 2 aromatic heterocycles. The van der Waals surface area contributed by atoms with Gasteiger partial charge in [0.15, 0.2) is 5.78 Å². The molecule has 1 fully saturated rings. The fourth-order valence-corrected chi connectivity index (χ4v) is 5.55. The summed E-state index contributed by atoms with van der Waals surface area (Å²) in [6.07, 6.45) is 5.24. The Kier molecular flexibility index (Phi) is 7.16. The van der Waals surface area contributed by atoms with Crippen molar-refractivity contribution in [3.8, 4) is 11.8 Å². The summed E-state index contributed by atoms with van der Waals surface area (Å²) < 4.78 is 22.2. The van der Waals surface area contributed by atoms with Crippen molar-refractivity contribution in [3.63, 3.8) is 0 Å². The van der Waals surface area contributed by atoms with Crippen molar-refractivity contribution in [2.24, 2.45) is 7.05 Å². The van der Waals surface area contributed by atoms with E-state index < -0.39 is 5.82 Å². The Balaban J connectivity index is 1.41. The molecule has 0 atom stereocenters. The molecule has 0 saturated carbocycles. The van der Waals surface area contributed by atoms with E-state index in [0.29, 0.717) is 53.9 Å². The predicted molar refractivity (Wildman–Crippen MR) is 145 cm³/mol. The number of piperidine rings is 1. The van der Waals surface area contributed by atoms with E-state index in [2.05, 4.69) is 11.1 Å². The molecule has 7 nitrogen and oxygen atoms in total. The van der Waals surface area contributed by atoms with Crippen molar-refractivity contribution in [1.82, 2.24) is 14.5 Å². The number of rotatable bonds is 6. The first-order valence-corrected chi connectivity index (χ1v) is 12.9. The van der Waals surface area contributed by atoms with Gasteiger partial charge in [0.25, 0.3) is 5.91 Å². The molecule has 3 heterocycles. The van der Waals surface area contributed by atoms with E-state index in [0.717, 1.165) is 16.6 Å². The van der Waals surface area contributed by atoms with Gasteiger partial charge in [0.2, 0.25) is 0 Å². The van der Waals surface area contributed by atoms with E-state index in [-0.39, 0.29) is 29.6 Å².